The summed E-state index contributed by atoms with van der Waals surface area (Å²) < 4.78 is 39.5. The molecule has 1 aromatic carbocycles. The van der Waals surface area contributed by atoms with Gasteiger partial charge in [0.25, 0.3) is 5.91 Å². The molecule has 0 saturated carbocycles. The molecule has 0 aliphatic carbocycles. The molecule has 106 valence electrons. The molecule has 19 heavy (non-hydrogen) atoms. The summed E-state index contributed by atoms with van der Waals surface area (Å²) in [6.07, 6.45) is -4.12. The van der Waals surface area contributed by atoms with Crippen LogP contribution in [0, 0.1) is 0 Å². The van der Waals surface area contributed by atoms with Crippen LogP contribution in [-0.2, 0) is 0 Å². The predicted molar refractivity (Wildman–Crippen MR) is 65.4 cm³/mol. The van der Waals surface area contributed by atoms with E-state index in [1.54, 1.807) is 6.92 Å². The van der Waals surface area contributed by atoms with Crippen molar-refractivity contribution in [2.24, 2.45) is 0 Å². The van der Waals surface area contributed by atoms with Crippen LogP contribution < -0.4 is 10.1 Å². The first-order valence-electron chi connectivity index (χ1n) is 5.54. The highest BCUT2D eigenvalue weighted by atomic mass is 35.5. The number of amides is 1. The van der Waals surface area contributed by atoms with Gasteiger partial charge in [-0.1, -0.05) is 0 Å². The molecule has 1 aromatic rings. The Labute approximate surface area is 113 Å². The number of carbonyl (C=O) groups is 1. The van der Waals surface area contributed by atoms with Crippen LogP contribution in [0.4, 0.5) is 13.2 Å². The van der Waals surface area contributed by atoms with Crippen molar-refractivity contribution in [3.05, 3.63) is 29.8 Å². The SMILES string of the molecule is CC(CCCl)NC(=O)c1ccc(OC(F)(F)F)cc1. The Bertz CT molecular complexity index is 420. The normalized spacial score (nSPS) is 12.9. The van der Waals surface area contributed by atoms with Gasteiger partial charge < -0.3 is 10.1 Å². The van der Waals surface area contributed by atoms with E-state index < -0.39 is 6.36 Å². The number of hydrogen-bond donors (Lipinski definition) is 1. The standard InChI is InChI=1S/C12H13ClF3NO2/c1-8(6-7-13)17-11(18)9-2-4-10(5-3-9)19-12(14,15)16/h2-5,8H,6-7H2,1H3,(H,17,18). The first-order valence-corrected chi connectivity index (χ1v) is 6.08. The first kappa shape index (κ1) is 15.6. The molecule has 7 heteroatoms. The van der Waals surface area contributed by atoms with Gasteiger partial charge in [-0.3, -0.25) is 4.79 Å². The third-order valence-corrected chi connectivity index (χ3v) is 2.49. The summed E-state index contributed by atoms with van der Waals surface area (Å²) >= 11 is 5.53. The maximum Gasteiger partial charge on any atom is 0.573 e. The number of halogens is 4. The van der Waals surface area contributed by atoms with Crippen molar-refractivity contribution in [2.45, 2.75) is 25.7 Å². The van der Waals surface area contributed by atoms with Gasteiger partial charge in [-0.25, -0.2) is 0 Å². The molecule has 0 spiro atoms. The molecule has 3 nitrogen and oxygen atoms in total. The van der Waals surface area contributed by atoms with Crippen LogP contribution in [0.3, 0.4) is 0 Å². The van der Waals surface area contributed by atoms with Crippen LogP contribution in [0.15, 0.2) is 24.3 Å². The molecule has 1 atom stereocenters. The van der Waals surface area contributed by atoms with Crippen LogP contribution in [0.1, 0.15) is 23.7 Å². The summed E-state index contributed by atoms with van der Waals surface area (Å²) in [6.45, 7) is 1.79. The van der Waals surface area contributed by atoms with Crippen LogP contribution in [-0.4, -0.2) is 24.2 Å². The van der Waals surface area contributed by atoms with E-state index in [4.69, 9.17) is 11.6 Å². The Kier molecular flexibility index (Phi) is 5.47. The molecule has 0 heterocycles. The lowest BCUT2D eigenvalue weighted by atomic mass is 10.2. The van der Waals surface area contributed by atoms with Crippen molar-refractivity contribution in [1.29, 1.82) is 0 Å². The van der Waals surface area contributed by atoms with E-state index in [0.29, 0.717) is 12.3 Å². The highest BCUT2D eigenvalue weighted by molar-refractivity contribution is 6.17. The van der Waals surface area contributed by atoms with Crippen molar-refractivity contribution in [3.8, 4) is 5.75 Å². The van der Waals surface area contributed by atoms with E-state index in [-0.39, 0.29) is 23.3 Å². The summed E-state index contributed by atoms with van der Waals surface area (Å²) in [5, 5.41) is 2.68. The summed E-state index contributed by atoms with van der Waals surface area (Å²) in [5.74, 6) is -0.311. The van der Waals surface area contributed by atoms with Gasteiger partial charge >= 0.3 is 6.36 Å². The van der Waals surface area contributed by atoms with Gasteiger partial charge in [0.1, 0.15) is 5.75 Å². The molecule has 0 bridgehead atoms. The van der Waals surface area contributed by atoms with E-state index in [1.807, 2.05) is 0 Å². The minimum atomic E-state index is -4.74. The zero-order valence-corrected chi connectivity index (χ0v) is 10.9. The number of rotatable bonds is 5. The number of hydrogen-bond acceptors (Lipinski definition) is 2. The largest absolute Gasteiger partial charge is 0.573 e. The van der Waals surface area contributed by atoms with E-state index in [9.17, 15) is 18.0 Å². The van der Waals surface area contributed by atoms with Crippen molar-refractivity contribution in [3.63, 3.8) is 0 Å². The zero-order valence-electron chi connectivity index (χ0n) is 10.1. The Morgan fingerprint density at radius 3 is 2.42 bits per heavy atom. The van der Waals surface area contributed by atoms with E-state index >= 15 is 0 Å². The van der Waals surface area contributed by atoms with Crippen LogP contribution in [0.5, 0.6) is 5.75 Å². The molecular formula is C12H13ClF3NO2. The second-order valence-corrected chi connectivity index (χ2v) is 4.30. The lowest BCUT2D eigenvalue weighted by Crippen LogP contribution is -2.32. The van der Waals surface area contributed by atoms with E-state index in [0.717, 1.165) is 12.1 Å². The van der Waals surface area contributed by atoms with Gasteiger partial charge in [0, 0.05) is 17.5 Å². The van der Waals surface area contributed by atoms with Crippen LogP contribution in [0.25, 0.3) is 0 Å². The van der Waals surface area contributed by atoms with Gasteiger partial charge in [-0.05, 0) is 37.6 Å². The Balaban J connectivity index is 2.63. The third kappa shape index (κ3) is 5.83. The molecule has 0 aliphatic heterocycles. The molecule has 0 saturated heterocycles. The van der Waals surface area contributed by atoms with E-state index in [1.165, 1.54) is 12.1 Å². The fraction of sp³-hybridized carbons (Fsp3) is 0.417. The Morgan fingerprint density at radius 1 is 1.37 bits per heavy atom. The quantitative estimate of drug-likeness (QED) is 0.846. The monoisotopic (exact) mass is 295 g/mol. The topological polar surface area (TPSA) is 38.3 Å². The fourth-order valence-electron chi connectivity index (χ4n) is 1.35. The van der Waals surface area contributed by atoms with Gasteiger partial charge in [0.05, 0.1) is 0 Å². The van der Waals surface area contributed by atoms with E-state index in [2.05, 4.69) is 10.1 Å². The molecule has 1 N–H and O–H groups in total. The third-order valence-electron chi connectivity index (χ3n) is 2.27. The molecule has 0 aliphatic rings. The summed E-state index contributed by atoms with van der Waals surface area (Å²) in [5.41, 5.74) is 0.260. The highest BCUT2D eigenvalue weighted by Crippen LogP contribution is 2.22. The highest BCUT2D eigenvalue weighted by Gasteiger charge is 2.31. The second kappa shape index (κ2) is 6.65. The molecule has 0 radical (unpaired) electrons. The van der Waals surface area contributed by atoms with Gasteiger partial charge in [-0.2, -0.15) is 0 Å². The molecule has 0 fully saturated rings. The minimum absolute atomic E-state index is 0.101. The van der Waals surface area contributed by atoms with Crippen molar-refractivity contribution < 1.29 is 22.7 Å². The number of carbonyl (C=O) groups excluding carboxylic acids is 1. The summed E-state index contributed by atoms with van der Waals surface area (Å²) in [4.78, 5) is 11.7. The predicted octanol–water partition coefficient (Wildman–Crippen LogP) is 3.33. The summed E-state index contributed by atoms with van der Waals surface area (Å²) in [7, 11) is 0. The second-order valence-electron chi connectivity index (χ2n) is 3.92. The maximum atomic E-state index is 11.9. The smallest absolute Gasteiger partial charge is 0.406 e. The Morgan fingerprint density at radius 2 is 1.95 bits per heavy atom. The van der Waals surface area contributed by atoms with Crippen molar-refractivity contribution in [2.75, 3.05) is 5.88 Å². The molecule has 1 unspecified atom stereocenters. The molecule has 0 aromatic heterocycles. The number of benzene rings is 1. The number of alkyl halides is 4. The number of ether oxygens (including phenoxy) is 1. The maximum absolute atomic E-state index is 11.9. The van der Waals surface area contributed by atoms with Crippen LogP contribution >= 0.6 is 11.6 Å². The molecule has 1 rings (SSSR count). The average molecular weight is 296 g/mol. The lowest BCUT2D eigenvalue weighted by Gasteiger charge is -2.13. The van der Waals surface area contributed by atoms with Gasteiger partial charge in [-0.15, -0.1) is 24.8 Å². The van der Waals surface area contributed by atoms with Gasteiger partial charge in [0.2, 0.25) is 0 Å². The zero-order chi connectivity index (χ0) is 14.5. The van der Waals surface area contributed by atoms with Crippen molar-refractivity contribution >= 4 is 17.5 Å². The summed E-state index contributed by atoms with van der Waals surface area (Å²) in [6, 6.07) is 4.62. The Hall–Kier alpha value is -1.43. The molecule has 1 amide bonds. The lowest BCUT2D eigenvalue weighted by molar-refractivity contribution is -0.274. The van der Waals surface area contributed by atoms with Crippen LogP contribution in [0.2, 0.25) is 0 Å². The fourth-order valence-corrected chi connectivity index (χ4v) is 1.68. The number of nitrogens with one attached hydrogen (secondary N) is 1. The average Bonchev–Trinajstić information content (AvgIpc) is 2.27. The van der Waals surface area contributed by atoms with Crippen molar-refractivity contribution in [1.82, 2.24) is 5.32 Å². The first-order chi connectivity index (χ1) is 8.81. The molecular weight excluding hydrogens is 283 g/mol. The van der Waals surface area contributed by atoms with Gasteiger partial charge in [0.15, 0.2) is 0 Å². The minimum Gasteiger partial charge on any atom is -0.406 e.